The van der Waals surface area contributed by atoms with E-state index in [1.165, 1.54) is 7.11 Å². The summed E-state index contributed by atoms with van der Waals surface area (Å²) >= 11 is 7.00. The minimum Gasteiger partial charge on any atom is -0.495 e. The molecule has 0 bridgehead atoms. The summed E-state index contributed by atoms with van der Waals surface area (Å²) in [5.74, 6) is -0.137. The summed E-state index contributed by atoms with van der Waals surface area (Å²) in [6.07, 6.45) is -4.40. The molecule has 0 aliphatic heterocycles. The number of thioether (sulfide) groups is 1. The number of nitrogens with zero attached hydrogens (tertiary/aromatic N) is 3. The van der Waals surface area contributed by atoms with E-state index in [4.69, 9.17) is 16.3 Å². The number of rotatable bonds is 10. The molecule has 1 heterocycles. The molecule has 8 nitrogen and oxygen atoms in total. The van der Waals surface area contributed by atoms with Crippen LogP contribution in [0.1, 0.15) is 17.0 Å². The Bertz CT molecular complexity index is 1500. The fourth-order valence-corrected chi connectivity index (χ4v) is 4.63. The van der Waals surface area contributed by atoms with Crippen molar-refractivity contribution in [2.24, 2.45) is 0 Å². The Hall–Kier alpha value is -4.03. The third-order valence-corrected chi connectivity index (χ3v) is 6.84. The molecule has 0 atom stereocenters. The maximum atomic E-state index is 13.1. The van der Waals surface area contributed by atoms with E-state index < -0.39 is 17.6 Å². The SMILES string of the molecule is COc1ccccc1-n1c(CNC(=O)Cc2ccccc2)nnc1SCC(=O)Nc1cc(C(F)(F)F)ccc1Cl. The van der Waals surface area contributed by atoms with Gasteiger partial charge < -0.3 is 15.4 Å². The van der Waals surface area contributed by atoms with Crippen LogP contribution in [0.25, 0.3) is 5.69 Å². The molecule has 2 amide bonds. The van der Waals surface area contributed by atoms with Gasteiger partial charge in [-0.15, -0.1) is 10.2 Å². The molecule has 0 aliphatic rings. The highest BCUT2D eigenvalue weighted by atomic mass is 35.5. The smallest absolute Gasteiger partial charge is 0.416 e. The fourth-order valence-electron chi connectivity index (χ4n) is 3.70. The number of para-hydroxylation sites is 2. The zero-order chi connectivity index (χ0) is 28.7. The Balaban J connectivity index is 1.51. The highest BCUT2D eigenvalue weighted by Gasteiger charge is 2.31. The third kappa shape index (κ3) is 7.33. The van der Waals surface area contributed by atoms with E-state index in [1.54, 1.807) is 28.8 Å². The van der Waals surface area contributed by atoms with Gasteiger partial charge in [-0.25, -0.2) is 0 Å². The van der Waals surface area contributed by atoms with Gasteiger partial charge in [-0.1, -0.05) is 65.8 Å². The lowest BCUT2D eigenvalue weighted by Crippen LogP contribution is -2.26. The molecule has 208 valence electrons. The minimum atomic E-state index is -4.59. The van der Waals surface area contributed by atoms with Gasteiger partial charge in [-0.05, 0) is 35.9 Å². The van der Waals surface area contributed by atoms with Gasteiger partial charge in [0.2, 0.25) is 11.8 Å². The number of methoxy groups -OCH3 is 1. The number of ether oxygens (including phenoxy) is 1. The number of nitrogens with one attached hydrogen (secondary N) is 2. The Kier molecular flexibility index (Phi) is 9.33. The normalized spacial score (nSPS) is 11.2. The van der Waals surface area contributed by atoms with E-state index >= 15 is 0 Å². The van der Waals surface area contributed by atoms with E-state index in [0.29, 0.717) is 22.4 Å². The number of aromatic nitrogens is 3. The molecule has 4 rings (SSSR count). The molecule has 40 heavy (non-hydrogen) atoms. The predicted molar refractivity (Wildman–Crippen MR) is 146 cm³/mol. The van der Waals surface area contributed by atoms with Crippen LogP contribution in [0.15, 0.2) is 78.0 Å². The number of hydrogen-bond donors (Lipinski definition) is 2. The highest BCUT2D eigenvalue weighted by Crippen LogP contribution is 2.34. The summed E-state index contributed by atoms with van der Waals surface area (Å²) in [6, 6.07) is 19.0. The number of carbonyl (C=O) groups is 2. The van der Waals surface area contributed by atoms with Gasteiger partial charge in [0.1, 0.15) is 5.75 Å². The van der Waals surface area contributed by atoms with Crippen molar-refractivity contribution in [1.82, 2.24) is 20.1 Å². The Morgan fingerprint density at radius 1 is 1.00 bits per heavy atom. The molecule has 0 aliphatic carbocycles. The number of benzene rings is 3. The van der Waals surface area contributed by atoms with Crippen LogP contribution in [-0.4, -0.2) is 39.4 Å². The van der Waals surface area contributed by atoms with Gasteiger partial charge in [-0.3, -0.25) is 14.2 Å². The summed E-state index contributed by atoms with van der Waals surface area (Å²) in [7, 11) is 1.50. The van der Waals surface area contributed by atoms with Gasteiger partial charge in [0.25, 0.3) is 0 Å². The van der Waals surface area contributed by atoms with E-state index in [0.717, 1.165) is 35.5 Å². The summed E-state index contributed by atoms with van der Waals surface area (Å²) in [5, 5.41) is 13.9. The van der Waals surface area contributed by atoms with Crippen molar-refractivity contribution in [3.8, 4) is 11.4 Å². The van der Waals surface area contributed by atoms with Crippen LogP contribution in [0.2, 0.25) is 5.02 Å². The van der Waals surface area contributed by atoms with Gasteiger partial charge in [-0.2, -0.15) is 13.2 Å². The first-order chi connectivity index (χ1) is 19.2. The Morgan fingerprint density at radius 2 is 1.73 bits per heavy atom. The second-order valence-corrected chi connectivity index (χ2v) is 9.72. The number of alkyl halides is 3. The first kappa shape index (κ1) is 29.0. The highest BCUT2D eigenvalue weighted by molar-refractivity contribution is 7.99. The average molecular weight is 590 g/mol. The van der Waals surface area contributed by atoms with Crippen LogP contribution in [0.3, 0.4) is 0 Å². The van der Waals surface area contributed by atoms with Crippen molar-refractivity contribution in [1.29, 1.82) is 0 Å². The molecule has 0 saturated carbocycles. The molecule has 2 N–H and O–H groups in total. The summed E-state index contributed by atoms with van der Waals surface area (Å²) in [6.45, 7) is 0.0450. The molecule has 0 unspecified atom stereocenters. The number of hydrogen-bond acceptors (Lipinski definition) is 6. The molecule has 3 aromatic carbocycles. The maximum absolute atomic E-state index is 13.1. The zero-order valence-electron chi connectivity index (χ0n) is 21.0. The Morgan fingerprint density at radius 3 is 2.45 bits per heavy atom. The second-order valence-electron chi connectivity index (χ2n) is 8.37. The van der Waals surface area contributed by atoms with Gasteiger partial charge in [0, 0.05) is 0 Å². The van der Waals surface area contributed by atoms with E-state index in [9.17, 15) is 22.8 Å². The van der Waals surface area contributed by atoms with E-state index in [2.05, 4.69) is 20.8 Å². The van der Waals surface area contributed by atoms with Crippen molar-refractivity contribution < 1.29 is 27.5 Å². The lowest BCUT2D eigenvalue weighted by atomic mass is 10.1. The third-order valence-electron chi connectivity index (χ3n) is 5.58. The van der Waals surface area contributed by atoms with Crippen LogP contribution >= 0.6 is 23.4 Å². The van der Waals surface area contributed by atoms with Crippen molar-refractivity contribution in [3.63, 3.8) is 0 Å². The first-order valence-corrected chi connectivity index (χ1v) is 13.2. The number of carbonyl (C=O) groups excluding carboxylic acids is 2. The van der Waals surface area contributed by atoms with E-state index in [-0.39, 0.29) is 35.3 Å². The molecular formula is C27H23ClF3N5O3S. The number of amides is 2. The largest absolute Gasteiger partial charge is 0.495 e. The number of halogens is 4. The van der Waals surface area contributed by atoms with Gasteiger partial charge in [0.05, 0.1) is 47.8 Å². The summed E-state index contributed by atoms with van der Waals surface area (Å²) in [5.41, 5.74) is 0.338. The quantitative estimate of drug-likeness (QED) is 0.236. The van der Waals surface area contributed by atoms with Crippen LogP contribution in [-0.2, 0) is 28.7 Å². The van der Waals surface area contributed by atoms with Crippen molar-refractivity contribution in [2.75, 3.05) is 18.2 Å². The van der Waals surface area contributed by atoms with Crippen molar-refractivity contribution in [3.05, 3.63) is 94.8 Å². The first-order valence-electron chi connectivity index (χ1n) is 11.8. The molecule has 0 saturated heterocycles. The topological polar surface area (TPSA) is 98.1 Å². The number of anilines is 1. The van der Waals surface area contributed by atoms with Crippen LogP contribution in [0.5, 0.6) is 5.75 Å². The fraction of sp³-hybridized carbons (Fsp3) is 0.185. The standard InChI is InChI=1S/C27H23ClF3N5O3S/c1-39-22-10-6-5-9-21(22)36-23(15-32-24(37)13-17-7-3-2-4-8-17)34-35-26(36)40-16-25(38)33-20-14-18(27(29,30)31)11-12-19(20)28/h2-12,14H,13,15-16H2,1H3,(H,32,37)(H,33,38). The lowest BCUT2D eigenvalue weighted by Gasteiger charge is -2.14. The molecular weight excluding hydrogens is 567 g/mol. The monoisotopic (exact) mass is 589 g/mol. The Labute approximate surface area is 236 Å². The van der Waals surface area contributed by atoms with Crippen LogP contribution < -0.4 is 15.4 Å². The van der Waals surface area contributed by atoms with Gasteiger partial charge >= 0.3 is 6.18 Å². The van der Waals surface area contributed by atoms with Crippen molar-refractivity contribution >= 4 is 40.9 Å². The second kappa shape index (κ2) is 12.9. The van der Waals surface area contributed by atoms with Crippen LogP contribution in [0.4, 0.5) is 18.9 Å². The van der Waals surface area contributed by atoms with Gasteiger partial charge in [0.15, 0.2) is 11.0 Å². The van der Waals surface area contributed by atoms with Crippen LogP contribution in [0, 0.1) is 0 Å². The predicted octanol–water partition coefficient (Wildman–Crippen LogP) is 5.54. The molecule has 1 aromatic heterocycles. The molecule has 13 heteroatoms. The molecule has 0 radical (unpaired) electrons. The average Bonchev–Trinajstić information content (AvgIpc) is 3.34. The molecule has 0 fully saturated rings. The van der Waals surface area contributed by atoms with E-state index in [1.807, 2.05) is 30.3 Å². The van der Waals surface area contributed by atoms with Crippen molar-refractivity contribution in [2.45, 2.75) is 24.3 Å². The lowest BCUT2D eigenvalue weighted by molar-refractivity contribution is -0.137. The molecule has 4 aromatic rings. The summed E-state index contributed by atoms with van der Waals surface area (Å²) in [4.78, 5) is 25.2. The summed E-state index contributed by atoms with van der Waals surface area (Å²) < 4.78 is 46.4. The zero-order valence-corrected chi connectivity index (χ0v) is 22.6. The molecule has 0 spiro atoms. The maximum Gasteiger partial charge on any atom is 0.416 e. The minimum absolute atomic E-state index is 0.0305.